The van der Waals surface area contributed by atoms with Crippen molar-refractivity contribution in [2.75, 3.05) is 18.6 Å². The van der Waals surface area contributed by atoms with E-state index in [0.717, 1.165) is 16.2 Å². The van der Waals surface area contributed by atoms with E-state index >= 15 is 0 Å². The van der Waals surface area contributed by atoms with E-state index in [1.807, 2.05) is 0 Å². The smallest absolute Gasteiger partial charge is 0.352 e. The number of rotatable bonds is 6. The number of carboxylic acids is 1. The molecule has 1 aromatic rings. The predicted octanol–water partition coefficient (Wildman–Crippen LogP) is 1.13. The van der Waals surface area contributed by atoms with E-state index in [1.54, 1.807) is 0 Å². The molecular formula is C15H13Cl2N5O5S2. The first kappa shape index (κ1) is 21.4. The van der Waals surface area contributed by atoms with E-state index in [9.17, 15) is 19.5 Å². The monoisotopic (exact) mass is 477 g/mol. The number of carbonyl (C=O) groups excluding carboxylic acids is 2. The topological polar surface area (TPSA) is 147 Å². The van der Waals surface area contributed by atoms with Gasteiger partial charge in [0.2, 0.25) is 0 Å². The average Bonchev–Trinajstić information content (AvgIpc) is 3.08. The Morgan fingerprint density at radius 2 is 2.24 bits per heavy atom. The normalized spacial score (nSPS) is 21.3. The lowest BCUT2D eigenvalue weighted by Gasteiger charge is -2.49. The minimum atomic E-state index is -1.30. The van der Waals surface area contributed by atoms with Crippen molar-refractivity contribution in [2.45, 2.75) is 11.4 Å². The lowest BCUT2D eigenvalue weighted by atomic mass is 10.0. The zero-order chi connectivity index (χ0) is 21.3. The quantitative estimate of drug-likeness (QED) is 0.313. The second-order valence-corrected chi connectivity index (χ2v) is 8.67. The van der Waals surface area contributed by atoms with Crippen molar-refractivity contribution in [1.29, 1.82) is 0 Å². The third kappa shape index (κ3) is 4.20. The maximum absolute atomic E-state index is 12.6. The first-order valence-corrected chi connectivity index (χ1v) is 10.5. The molecule has 154 valence electrons. The number of nitrogen functional groups attached to an aromatic ring is 1. The molecule has 10 nitrogen and oxygen atoms in total. The van der Waals surface area contributed by atoms with Crippen molar-refractivity contribution in [3.05, 3.63) is 32.9 Å². The predicted molar refractivity (Wildman–Crippen MR) is 110 cm³/mol. The second-order valence-electron chi connectivity index (χ2n) is 5.67. The number of aliphatic carboxylic acids is 1. The van der Waals surface area contributed by atoms with Crippen LogP contribution in [-0.4, -0.2) is 62.8 Å². The van der Waals surface area contributed by atoms with Gasteiger partial charge in [0.1, 0.15) is 34.4 Å². The molecule has 2 aliphatic heterocycles. The molecule has 29 heavy (non-hydrogen) atoms. The van der Waals surface area contributed by atoms with Crippen LogP contribution in [0.4, 0.5) is 5.13 Å². The molecule has 1 fully saturated rings. The Bertz CT molecular complexity index is 972. The van der Waals surface area contributed by atoms with Gasteiger partial charge in [-0.2, -0.15) is 0 Å². The zero-order valence-electron chi connectivity index (χ0n) is 14.6. The Labute approximate surface area is 182 Å². The Hall–Kier alpha value is -2.28. The summed E-state index contributed by atoms with van der Waals surface area (Å²) in [5.41, 5.74) is 5.71. The number of halogens is 2. The minimum Gasteiger partial charge on any atom is -0.477 e. The third-order valence-corrected chi connectivity index (χ3v) is 6.13. The number of thioether (sulfide) groups is 1. The van der Waals surface area contributed by atoms with Crippen LogP contribution < -0.4 is 11.1 Å². The highest BCUT2D eigenvalue weighted by Gasteiger charge is 2.54. The van der Waals surface area contributed by atoms with Crippen molar-refractivity contribution in [2.24, 2.45) is 5.16 Å². The van der Waals surface area contributed by atoms with E-state index in [1.165, 1.54) is 30.3 Å². The maximum atomic E-state index is 12.6. The summed E-state index contributed by atoms with van der Waals surface area (Å²) >= 11 is 13.6. The lowest BCUT2D eigenvalue weighted by molar-refractivity contribution is -0.150. The molecule has 0 saturated carbocycles. The van der Waals surface area contributed by atoms with E-state index < -0.39 is 29.2 Å². The molecule has 0 aliphatic carbocycles. The van der Waals surface area contributed by atoms with Gasteiger partial charge in [-0.25, -0.2) is 9.78 Å². The summed E-state index contributed by atoms with van der Waals surface area (Å²) < 4.78 is -0.126. The van der Waals surface area contributed by atoms with Crippen molar-refractivity contribution >= 4 is 74.9 Å². The number of nitrogens with zero attached hydrogens (tertiary/aromatic N) is 3. The van der Waals surface area contributed by atoms with Gasteiger partial charge in [-0.05, 0) is 11.6 Å². The minimum absolute atomic E-state index is 0.126. The van der Waals surface area contributed by atoms with Gasteiger partial charge in [-0.1, -0.05) is 28.4 Å². The molecule has 2 amide bonds. The second kappa shape index (κ2) is 8.61. The third-order valence-electron chi connectivity index (χ3n) is 3.93. The number of hydrogen-bond acceptors (Lipinski definition) is 9. The molecule has 4 N–H and O–H groups in total. The highest BCUT2D eigenvalue weighted by Crippen LogP contribution is 2.41. The number of thiazole rings is 1. The SMILES string of the molecule is CON=C(C(=O)NC1C(=O)N2C(C(=O)O)=C(C=C(Cl)Cl)CS[C@H]12)c1csc(N)n1. The molecule has 3 heterocycles. The molecule has 3 rings (SSSR count). The number of amides is 2. The first-order chi connectivity index (χ1) is 13.7. The first-order valence-electron chi connectivity index (χ1n) is 7.81. The van der Waals surface area contributed by atoms with E-state index in [-0.39, 0.29) is 32.5 Å². The molecule has 0 aromatic carbocycles. The summed E-state index contributed by atoms with van der Waals surface area (Å²) in [5, 5.41) is 16.9. The van der Waals surface area contributed by atoms with Gasteiger partial charge in [0.15, 0.2) is 10.8 Å². The number of fused-ring (bicyclic) bond motifs is 1. The summed E-state index contributed by atoms with van der Waals surface area (Å²) in [6, 6.07) is -0.947. The Balaban J connectivity index is 1.82. The number of nitrogens with two attached hydrogens (primary N) is 1. The van der Waals surface area contributed by atoms with Crippen LogP contribution in [0.1, 0.15) is 5.69 Å². The van der Waals surface area contributed by atoms with E-state index in [2.05, 4.69) is 20.3 Å². The van der Waals surface area contributed by atoms with Crippen LogP contribution >= 0.6 is 46.3 Å². The molecule has 1 aromatic heterocycles. The molecular weight excluding hydrogens is 465 g/mol. The molecule has 1 unspecified atom stereocenters. The standard InChI is InChI=1S/C15H13Cl2N5O5S2/c1-27-21-8(6-4-29-15(18)19-6)11(23)20-9-12(24)22-10(14(25)26)5(2-7(16)17)3-28-13(9)22/h2,4,9,13H,3H2,1H3,(H2,18,19)(H,20,23)(H,25,26)/t9?,13-/m1/s1. The number of β-lactam (4-membered cyclic amide) rings is 1. The summed E-state index contributed by atoms with van der Waals surface area (Å²) in [5.74, 6) is -2.34. The number of oxime groups is 1. The molecule has 1 saturated heterocycles. The van der Waals surface area contributed by atoms with E-state index in [4.69, 9.17) is 28.9 Å². The average molecular weight is 478 g/mol. The fourth-order valence-electron chi connectivity index (χ4n) is 2.79. The number of aromatic nitrogens is 1. The van der Waals surface area contributed by atoms with Gasteiger partial charge in [-0.15, -0.1) is 23.1 Å². The molecule has 14 heteroatoms. The number of allylic oxidation sites excluding steroid dienone is 1. The Morgan fingerprint density at radius 1 is 1.52 bits per heavy atom. The number of hydrogen-bond donors (Lipinski definition) is 3. The van der Waals surface area contributed by atoms with Gasteiger partial charge in [0.25, 0.3) is 11.8 Å². The Morgan fingerprint density at radius 3 is 2.79 bits per heavy atom. The summed E-state index contributed by atoms with van der Waals surface area (Å²) in [7, 11) is 1.26. The highest BCUT2D eigenvalue weighted by atomic mass is 35.5. The zero-order valence-corrected chi connectivity index (χ0v) is 17.7. The van der Waals surface area contributed by atoms with Crippen LogP contribution in [0.5, 0.6) is 0 Å². The fourth-order valence-corrected chi connectivity index (χ4v) is 4.90. The van der Waals surface area contributed by atoms with Crippen molar-refractivity contribution in [3.8, 4) is 0 Å². The maximum Gasteiger partial charge on any atom is 0.352 e. The van der Waals surface area contributed by atoms with Crippen molar-refractivity contribution in [1.82, 2.24) is 15.2 Å². The van der Waals surface area contributed by atoms with Crippen LogP contribution in [0.2, 0.25) is 0 Å². The van der Waals surface area contributed by atoms with E-state index in [0.29, 0.717) is 5.57 Å². The van der Waals surface area contributed by atoms with Crippen LogP contribution in [-0.2, 0) is 19.2 Å². The highest BCUT2D eigenvalue weighted by molar-refractivity contribution is 8.00. The summed E-state index contributed by atoms with van der Waals surface area (Å²) in [4.78, 5) is 46.7. The van der Waals surface area contributed by atoms with Crippen LogP contribution in [0.15, 0.2) is 32.4 Å². The lowest BCUT2D eigenvalue weighted by Crippen LogP contribution is -2.71. The fraction of sp³-hybridized carbons (Fsp3) is 0.267. The Kier molecular flexibility index (Phi) is 6.36. The molecule has 0 radical (unpaired) electrons. The van der Waals surface area contributed by atoms with Crippen LogP contribution in [0, 0.1) is 0 Å². The van der Waals surface area contributed by atoms with Gasteiger partial charge in [0, 0.05) is 11.1 Å². The summed E-state index contributed by atoms with van der Waals surface area (Å²) in [6.45, 7) is 0. The summed E-state index contributed by atoms with van der Waals surface area (Å²) in [6.07, 6.45) is 1.28. The number of carboxylic acid groups (broad SMARTS) is 1. The number of anilines is 1. The molecule has 0 bridgehead atoms. The van der Waals surface area contributed by atoms with Gasteiger partial charge in [0.05, 0.1) is 0 Å². The van der Waals surface area contributed by atoms with Gasteiger partial charge >= 0.3 is 5.97 Å². The van der Waals surface area contributed by atoms with Crippen molar-refractivity contribution in [3.63, 3.8) is 0 Å². The van der Waals surface area contributed by atoms with Gasteiger partial charge in [-0.3, -0.25) is 14.5 Å². The molecule has 0 spiro atoms. The largest absolute Gasteiger partial charge is 0.477 e. The molecule has 2 atom stereocenters. The van der Waals surface area contributed by atoms with Gasteiger partial charge < -0.3 is 21.0 Å². The van der Waals surface area contributed by atoms with Crippen LogP contribution in [0.3, 0.4) is 0 Å². The van der Waals surface area contributed by atoms with Crippen molar-refractivity contribution < 1.29 is 24.3 Å². The molecule has 2 aliphatic rings. The number of carbonyl (C=O) groups is 3. The van der Waals surface area contributed by atoms with Crippen LogP contribution in [0.25, 0.3) is 0 Å². The number of nitrogens with one attached hydrogen (secondary N) is 1.